The summed E-state index contributed by atoms with van der Waals surface area (Å²) in [6, 6.07) is 1.49. The number of rotatable bonds is 5. The van der Waals surface area contributed by atoms with Crippen LogP contribution in [0.5, 0.6) is 0 Å². The number of halogens is 3. The van der Waals surface area contributed by atoms with Gasteiger partial charge in [-0.3, -0.25) is 11.3 Å². The average Bonchev–Trinajstić information content (AvgIpc) is 2.37. The van der Waals surface area contributed by atoms with Gasteiger partial charge in [0, 0.05) is 12.7 Å². The molecular weight excluding hydrogens is 257 g/mol. The SMILES string of the molecule is COC1(CC(NN)c2ccc(F)c(F)c2F)CCC1. The fourth-order valence-electron chi connectivity index (χ4n) is 2.50. The molecule has 1 atom stereocenters. The Kier molecular flexibility index (Phi) is 4.13. The minimum Gasteiger partial charge on any atom is -0.378 e. The summed E-state index contributed by atoms with van der Waals surface area (Å²) in [7, 11) is 1.59. The first-order valence-corrected chi connectivity index (χ1v) is 6.17. The first kappa shape index (κ1) is 14.3. The summed E-state index contributed by atoms with van der Waals surface area (Å²) >= 11 is 0. The van der Waals surface area contributed by atoms with Gasteiger partial charge < -0.3 is 4.74 Å². The molecule has 3 N–H and O–H groups in total. The van der Waals surface area contributed by atoms with Gasteiger partial charge in [0.1, 0.15) is 0 Å². The standard InChI is InChI=1S/C13H17F3N2O/c1-19-13(5-2-6-13)7-10(18-17)8-3-4-9(14)12(16)11(8)15/h3-4,10,18H,2,5-7,17H2,1H3. The van der Waals surface area contributed by atoms with Gasteiger partial charge in [0.25, 0.3) is 0 Å². The van der Waals surface area contributed by atoms with Crippen molar-refractivity contribution in [1.29, 1.82) is 0 Å². The van der Waals surface area contributed by atoms with E-state index in [1.165, 1.54) is 6.07 Å². The van der Waals surface area contributed by atoms with Gasteiger partial charge in [0.2, 0.25) is 0 Å². The molecule has 1 unspecified atom stereocenters. The van der Waals surface area contributed by atoms with E-state index in [0.29, 0.717) is 6.42 Å². The van der Waals surface area contributed by atoms with E-state index in [1.54, 1.807) is 7.11 Å². The van der Waals surface area contributed by atoms with Crippen LogP contribution in [0.2, 0.25) is 0 Å². The number of nitrogens with two attached hydrogens (primary N) is 1. The summed E-state index contributed by atoms with van der Waals surface area (Å²) in [5, 5.41) is 0. The highest BCUT2D eigenvalue weighted by atomic mass is 19.2. The molecule has 0 spiro atoms. The molecule has 1 aromatic carbocycles. The predicted octanol–water partition coefficient (Wildman–Crippen LogP) is 2.57. The molecule has 6 heteroatoms. The van der Waals surface area contributed by atoms with Crippen LogP contribution in [0.15, 0.2) is 12.1 Å². The van der Waals surface area contributed by atoms with Crippen LogP contribution >= 0.6 is 0 Å². The van der Waals surface area contributed by atoms with Crippen LogP contribution in [0.1, 0.15) is 37.3 Å². The molecule has 0 saturated heterocycles. The Bertz CT molecular complexity index is 458. The number of benzene rings is 1. The fourth-order valence-corrected chi connectivity index (χ4v) is 2.50. The van der Waals surface area contributed by atoms with Gasteiger partial charge in [-0.15, -0.1) is 0 Å². The van der Waals surface area contributed by atoms with Crippen molar-refractivity contribution in [3.05, 3.63) is 35.1 Å². The van der Waals surface area contributed by atoms with Gasteiger partial charge in [0.15, 0.2) is 17.5 Å². The van der Waals surface area contributed by atoms with Gasteiger partial charge >= 0.3 is 0 Å². The molecule has 106 valence electrons. The molecule has 1 fully saturated rings. The molecule has 1 saturated carbocycles. The number of hydrogen-bond donors (Lipinski definition) is 2. The van der Waals surface area contributed by atoms with Gasteiger partial charge in [-0.25, -0.2) is 13.2 Å². The van der Waals surface area contributed by atoms with E-state index in [-0.39, 0.29) is 11.2 Å². The molecule has 0 aliphatic heterocycles. The number of ether oxygens (including phenoxy) is 1. The maximum absolute atomic E-state index is 13.7. The molecule has 0 bridgehead atoms. The second kappa shape index (κ2) is 5.48. The fraction of sp³-hybridized carbons (Fsp3) is 0.538. The maximum atomic E-state index is 13.7. The Morgan fingerprint density at radius 1 is 1.32 bits per heavy atom. The van der Waals surface area contributed by atoms with Crippen molar-refractivity contribution in [3.8, 4) is 0 Å². The van der Waals surface area contributed by atoms with E-state index in [1.807, 2.05) is 0 Å². The molecule has 0 amide bonds. The molecule has 19 heavy (non-hydrogen) atoms. The molecule has 3 nitrogen and oxygen atoms in total. The lowest BCUT2D eigenvalue weighted by Gasteiger charge is -2.42. The summed E-state index contributed by atoms with van der Waals surface area (Å²) in [6.45, 7) is 0. The van der Waals surface area contributed by atoms with Crippen LogP contribution in [0.25, 0.3) is 0 Å². The zero-order valence-electron chi connectivity index (χ0n) is 10.7. The van der Waals surface area contributed by atoms with Crippen LogP contribution in [0.4, 0.5) is 13.2 Å². The normalized spacial score (nSPS) is 19.0. The second-order valence-electron chi connectivity index (χ2n) is 4.93. The molecule has 1 aliphatic carbocycles. The van der Waals surface area contributed by atoms with Crippen LogP contribution in [0.3, 0.4) is 0 Å². The molecule has 0 aromatic heterocycles. The largest absolute Gasteiger partial charge is 0.378 e. The zero-order valence-corrected chi connectivity index (χ0v) is 10.7. The first-order chi connectivity index (χ1) is 9.03. The molecule has 0 radical (unpaired) electrons. The van der Waals surface area contributed by atoms with E-state index < -0.39 is 23.5 Å². The van der Waals surface area contributed by atoms with Crippen LogP contribution in [0, 0.1) is 17.5 Å². The molecule has 1 aliphatic rings. The lowest BCUT2D eigenvalue weighted by atomic mass is 9.74. The Morgan fingerprint density at radius 2 is 2.00 bits per heavy atom. The van der Waals surface area contributed by atoms with E-state index in [2.05, 4.69) is 5.43 Å². The Labute approximate surface area is 109 Å². The van der Waals surface area contributed by atoms with E-state index in [4.69, 9.17) is 10.6 Å². The van der Waals surface area contributed by atoms with Crippen molar-refractivity contribution in [2.24, 2.45) is 5.84 Å². The number of hydrogen-bond acceptors (Lipinski definition) is 3. The maximum Gasteiger partial charge on any atom is 0.194 e. The summed E-state index contributed by atoms with van der Waals surface area (Å²) in [5.41, 5.74) is 2.12. The Morgan fingerprint density at radius 3 is 2.47 bits per heavy atom. The van der Waals surface area contributed by atoms with Crippen molar-refractivity contribution >= 4 is 0 Å². The van der Waals surface area contributed by atoms with Crippen molar-refractivity contribution in [3.63, 3.8) is 0 Å². The van der Waals surface area contributed by atoms with Crippen molar-refractivity contribution < 1.29 is 17.9 Å². The summed E-state index contributed by atoms with van der Waals surface area (Å²) in [5.74, 6) is 1.53. The third kappa shape index (κ3) is 2.61. The molecule has 1 aromatic rings. The van der Waals surface area contributed by atoms with Gasteiger partial charge in [0.05, 0.1) is 11.6 Å². The summed E-state index contributed by atoms with van der Waals surface area (Å²) in [4.78, 5) is 0. The van der Waals surface area contributed by atoms with Gasteiger partial charge in [-0.2, -0.15) is 0 Å². The number of nitrogens with one attached hydrogen (secondary N) is 1. The monoisotopic (exact) mass is 274 g/mol. The highest BCUT2D eigenvalue weighted by Gasteiger charge is 2.40. The number of hydrazine groups is 1. The second-order valence-corrected chi connectivity index (χ2v) is 4.93. The lowest BCUT2D eigenvalue weighted by Crippen LogP contribution is -2.44. The predicted molar refractivity (Wildman–Crippen MR) is 64.6 cm³/mol. The van der Waals surface area contributed by atoms with E-state index >= 15 is 0 Å². The number of methoxy groups -OCH3 is 1. The topological polar surface area (TPSA) is 47.3 Å². The van der Waals surface area contributed by atoms with Crippen molar-refractivity contribution in [2.75, 3.05) is 7.11 Å². The minimum atomic E-state index is -1.47. The van der Waals surface area contributed by atoms with E-state index in [9.17, 15) is 13.2 Å². The van der Waals surface area contributed by atoms with Crippen molar-refractivity contribution in [2.45, 2.75) is 37.3 Å². The van der Waals surface area contributed by atoms with Gasteiger partial charge in [-0.05, 0) is 31.7 Å². The first-order valence-electron chi connectivity index (χ1n) is 6.17. The van der Waals surface area contributed by atoms with Crippen LogP contribution in [-0.2, 0) is 4.74 Å². The molecule has 2 rings (SSSR count). The highest BCUT2D eigenvalue weighted by molar-refractivity contribution is 5.24. The highest BCUT2D eigenvalue weighted by Crippen LogP contribution is 2.42. The third-order valence-corrected chi connectivity index (χ3v) is 3.92. The zero-order chi connectivity index (χ0) is 14.0. The van der Waals surface area contributed by atoms with Crippen LogP contribution < -0.4 is 11.3 Å². The van der Waals surface area contributed by atoms with Gasteiger partial charge in [-0.1, -0.05) is 6.07 Å². The smallest absolute Gasteiger partial charge is 0.194 e. The van der Waals surface area contributed by atoms with E-state index in [0.717, 1.165) is 25.3 Å². The Balaban J connectivity index is 2.25. The quantitative estimate of drug-likeness (QED) is 0.493. The average molecular weight is 274 g/mol. The van der Waals surface area contributed by atoms with Crippen molar-refractivity contribution in [1.82, 2.24) is 5.43 Å². The van der Waals surface area contributed by atoms with Crippen LogP contribution in [-0.4, -0.2) is 12.7 Å². The minimum absolute atomic E-state index is 0.0183. The summed E-state index contributed by atoms with van der Waals surface area (Å²) in [6.07, 6.45) is 3.16. The third-order valence-electron chi connectivity index (χ3n) is 3.92. The molecule has 0 heterocycles. The Hall–Kier alpha value is -1.11. The summed E-state index contributed by atoms with van der Waals surface area (Å²) < 4.78 is 45.4. The molecular formula is C13H17F3N2O. The lowest BCUT2D eigenvalue weighted by molar-refractivity contribution is -0.0840.